The van der Waals surface area contributed by atoms with E-state index >= 15 is 0 Å². The van der Waals surface area contributed by atoms with Crippen LogP contribution in [0.1, 0.15) is 24.1 Å². The molecular weight excluding hydrogens is 297 g/mol. The van der Waals surface area contributed by atoms with Gasteiger partial charge in [-0.3, -0.25) is 0 Å². The summed E-state index contributed by atoms with van der Waals surface area (Å²) in [5.41, 5.74) is 2.18. The van der Waals surface area contributed by atoms with E-state index in [4.69, 9.17) is 0 Å². The maximum atomic E-state index is 12.9. The standard InChI is InChI=1S/C17H20FN3S/c18-14-4-1-13(2-5-14)3-6-15-7-12-20-17(21-15)22-16-8-10-19-11-9-16/h1-2,4-5,7,12,16,19H,3,6,8-11H2. The van der Waals surface area contributed by atoms with Crippen molar-refractivity contribution in [2.24, 2.45) is 0 Å². The van der Waals surface area contributed by atoms with Gasteiger partial charge in [0.1, 0.15) is 5.82 Å². The van der Waals surface area contributed by atoms with E-state index in [2.05, 4.69) is 15.3 Å². The molecule has 3 nitrogen and oxygen atoms in total. The number of hydrogen-bond acceptors (Lipinski definition) is 4. The van der Waals surface area contributed by atoms with Crippen LogP contribution < -0.4 is 5.32 Å². The summed E-state index contributed by atoms with van der Waals surface area (Å²) >= 11 is 1.79. The maximum absolute atomic E-state index is 12.9. The first-order valence-electron chi connectivity index (χ1n) is 7.73. The van der Waals surface area contributed by atoms with E-state index in [0.717, 1.165) is 42.3 Å². The van der Waals surface area contributed by atoms with Crippen LogP contribution in [-0.4, -0.2) is 28.3 Å². The lowest BCUT2D eigenvalue weighted by Gasteiger charge is -2.21. The van der Waals surface area contributed by atoms with E-state index in [-0.39, 0.29) is 5.82 Å². The Labute approximate surface area is 134 Å². The van der Waals surface area contributed by atoms with E-state index in [1.807, 2.05) is 24.4 Å². The maximum Gasteiger partial charge on any atom is 0.188 e. The predicted octanol–water partition coefficient (Wildman–Crippen LogP) is 3.25. The summed E-state index contributed by atoms with van der Waals surface area (Å²) in [6, 6.07) is 8.65. The molecule has 0 radical (unpaired) electrons. The van der Waals surface area contributed by atoms with Crippen molar-refractivity contribution < 1.29 is 4.39 Å². The molecule has 0 spiro atoms. The Balaban J connectivity index is 1.57. The Morgan fingerprint density at radius 3 is 2.64 bits per heavy atom. The van der Waals surface area contributed by atoms with Crippen molar-refractivity contribution in [2.75, 3.05) is 13.1 Å². The summed E-state index contributed by atoms with van der Waals surface area (Å²) < 4.78 is 12.9. The number of thioether (sulfide) groups is 1. The number of halogens is 1. The fourth-order valence-corrected chi connectivity index (χ4v) is 3.62. The molecule has 1 aliphatic rings. The highest BCUT2D eigenvalue weighted by Gasteiger charge is 2.15. The lowest BCUT2D eigenvalue weighted by Crippen LogP contribution is -2.29. The first kappa shape index (κ1) is 15.4. The molecule has 3 rings (SSSR count). The van der Waals surface area contributed by atoms with E-state index in [1.54, 1.807) is 11.8 Å². The summed E-state index contributed by atoms with van der Waals surface area (Å²) in [6.07, 6.45) is 5.92. The fourth-order valence-electron chi connectivity index (χ4n) is 2.56. The highest BCUT2D eigenvalue weighted by molar-refractivity contribution is 7.99. The number of nitrogens with zero attached hydrogens (tertiary/aromatic N) is 2. The van der Waals surface area contributed by atoms with Crippen molar-refractivity contribution in [3.05, 3.63) is 53.6 Å². The third kappa shape index (κ3) is 4.52. The smallest absolute Gasteiger partial charge is 0.188 e. The number of piperidine rings is 1. The van der Waals surface area contributed by atoms with Gasteiger partial charge in [-0.2, -0.15) is 0 Å². The molecule has 0 atom stereocenters. The first-order chi connectivity index (χ1) is 10.8. The van der Waals surface area contributed by atoms with Crippen LogP contribution in [0.2, 0.25) is 0 Å². The molecule has 0 aliphatic carbocycles. The van der Waals surface area contributed by atoms with E-state index in [0.29, 0.717) is 5.25 Å². The molecular formula is C17H20FN3S. The van der Waals surface area contributed by atoms with Gasteiger partial charge < -0.3 is 5.32 Å². The van der Waals surface area contributed by atoms with Crippen LogP contribution in [0.4, 0.5) is 4.39 Å². The van der Waals surface area contributed by atoms with Crippen LogP contribution >= 0.6 is 11.8 Å². The summed E-state index contributed by atoms with van der Waals surface area (Å²) in [4.78, 5) is 9.04. The number of aryl methyl sites for hydroxylation is 2. The van der Waals surface area contributed by atoms with Crippen LogP contribution in [0.5, 0.6) is 0 Å². The highest BCUT2D eigenvalue weighted by atomic mass is 32.2. The zero-order valence-corrected chi connectivity index (χ0v) is 13.3. The van der Waals surface area contributed by atoms with Crippen molar-refractivity contribution in [2.45, 2.75) is 36.1 Å². The van der Waals surface area contributed by atoms with Gasteiger partial charge in [-0.25, -0.2) is 14.4 Å². The summed E-state index contributed by atoms with van der Waals surface area (Å²) in [5, 5.41) is 4.87. The van der Waals surface area contributed by atoms with Crippen LogP contribution in [0.15, 0.2) is 41.7 Å². The van der Waals surface area contributed by atoms with E-state index in [1.165, 1.54) is 25.0 Å². The monoisotopic (exact) mass is 317 g/mol. The molecule has 1 fully saturated rings. The van der Waals surface area contributed by atoms with Crippen LogP contribution in [0.3, 0.4) is 0 Å². The van der Waals surface area contributed by atoms with Gasteiger partial charge >= 0.3 is 0 Å². The molecule has 1 aromatic heterocycles. The Kier molecular flexibility index (Phi) is 5.40. The lowest BCUT2D eigenvalue weighted by molar-refractivity contribution is 0.530. The molecule has 0 saturated carbocycles. The Hall–Kier alpha value is -1.46. The fraction of sp³-hybridized carbons (Fsp3) is 0.412. The second kappa shape index (κ2) is 7.70. The van der Waals surface area contributed by atoms with Crippen LogP contribution in [0.25, 0.3) is 0 Å². The number of rotatable bonds is 5. The Morgan fingerprint density at radius 2 is 1.86 bits per heavy atom. The zero-order valence-electron chi connectivity index (χ0n) is 12.5. The molecule has 116 valence electrons. The molecule has 0 unspecified atom stereocenters. The summed E-state index contributed by atoms with van der Waals surface area (Å²) in [7, 11) is 0. The van der Waals surface area contributed by atoms with Crippen molar-refractivity contribution >= 4 is 11.8 Å². The molecule has 22 heavy (non-hydrogen) atoms. The minimum absolute atomic E-state index is 0.188. The van der Waals surface area contributed by atoms with Gasteiger partial charge in [-0.15, -0.1) is 0 Å². The largest absolute Gasteiger partial charge is 0.317 e. The first-order valence-corrected chi connectivity index (χ1v) is 8.61. The number of benzene rings is 1. The van der Waals surface area contributed by atoms with Crippen molar-refractivity contribution in [3.63, 3.8) is 0 Å². The Bertz CT molecular complexity index is 597. The topological polar surface area (TPSA) is 37.8 Å². The number of aromatic nitrogens is 2. The second-order valence-electron chi connectivity index (χ2n) is 5.52. The quantitative estimate of drug-likeness (QED) is 0.859. The van der Waals surface area contributed by atoms with Crippen molar-refractivity contribution in [1.82, 2.24) is 15.3 Å². The zero-order chi connectivity index (χ0) is 15.2. The van der Waals surface area contributed by atoms with E-state index in [9.17, 15) is 4.39 Å². The third-order valence-electron chi connectivity index (χ3n) is 3.83. The molecule has 2 heterocycles. The molecule has 2 aromatic rings. The van der Waals surface area contributed by atoms with Crippen LogP contribution in [-0.2, 0) is 12.8 Å². The summed E-state index contributed by atoms with van der Waals surface area (Å²) in [5.74, 6) is -0.188. The molecule has 1 N–H and O–H groups in total. The van der Waals surface area contributed by atoms with Gasteiger partial charge in [0.25, 0.3) is 0 Å². The van der Waals surface area contributed by atoms with Gasteiger partial charge in [-0.1, -0.05) is 23.9 Å². The second-order valence-corrected chi connectivity index (χ2v) is 6.79. The van der Waals surface area contributed by atoms with Gasteiger partial charge in [0.15, 0.2) is 5.16 Å². The average molecular weight is 317 g/mol. The number of nitrogens with one attached hydrogen (secondary N) is 1. The molecule has 0 bridgehead atoms. The molecule has 1 saturated heterocycles. The normalized spacial score (nSPS) is 15.9. The van der Waals surface area contributed by atoms with Gasteiger partial charge in [0.05, 0.1) is 0 Å². The minimum Gasteiger partial charge on any atom is -0.317 e. The summed E-state index contributed by atoms with van der Waals surface area (Å²) in [6.45, 7) is 2.17. The molecule has 0 amide bonds. The average Bonchev–Trinajstić information content (AvgIpc) is 2.56. The molecule has 5 heteroatoms. The van der Waals surface area contributed by atoms with E-state index < -0.39 is 0 Å². The number of hydrogen-bond donors (Lipinski definition) is 1. The Morgan fingerprint density at radius 1 is 1.09 bits per heavy atom. The highest BCUT2D eigenvalue weighted by Crippen LogP contribution is 2.25. The lowest BCUT2D eigenvalue weighted by atomic mass is 10.1. The molecule has 1 aliphatic heterocycles. The predicted molar refractivity (Wildman–Crippen MR) is 87.6 cm³/mol. The van der Waals surface area contributed by atoms with Gasteiger partial charge in [0, 0.05) is 17.1 Å². The van der Waals surface area contributed by atoms with Gasteiger partial charge in [-0.05, 0) is 62.5 Å². The van der Waals surface area contributed by atoms with Gasteiger partial charge in [0.2, 0.25) is 0 Å². The minimum atomic E-state index is -0.188. The third-order valence-corrected chi connectivity index (χ3v) is 5.04. The SMILES string of the molecule is Fc1ccc(CCc2ccnc(SC3CCNCC3)n2)cc1. The van der Waals surface area contributed by atoms with Crippen LogP contribution in [0, 0.1) is 5.82 Å². The van der Waals surface area contributed by atoms with Crippen molar-refractivity contribution in [3.8, 4) is 0 Å². The van der Waals surface area contributed by atoms with Crippen molar-refractivity contribution in [1.29, 1.82) is 0 Å². The molecule has 1 aromatic carbocycles.